The Bertz CT molecular complexity index is 5210. The van der Waals surface area contributed by atoms with E-state index in [0.717, 1.165) is 80.6 Å². The Balaban J connectivity index is 0.962. The van der Waals surface area contributed by atoms with Crippen LogP contribution in [-0.2, 0) is 52.6 Å². The number of aliphatic hydroxyl groups excluding tert-OH is 6. The first-order valence-electron chi connectivity index (χ1n) is 43.2. The molecule has 6 fully saturated rings. The Morgan fingerprint density at radius 3 is 1.94 bits per heavy atom. The number of likely N-dealkylation sites (N-methyl/N-ethyl adjacent to an activating group) is 1. The largest absolute Gasteiger partial charge is 0.508 e. The van der Waals surface area contributed by atoms with Gasteiger partial charge in [0.1, 0.15) is 95.5 Å². The topological polar surface area (TPSA) is 596 Å². The van der Waals surface area contributed by atoms with Gasteiger partial charge in [0.25, 0.3) is 5.91 Å². The number of carbonyl (C=O) groups is 9. The van der Waals surface area contributed by atoms with Gasteiger partial charge in [-0.05, 0) is 228 Å². The first-order valence-corrected chi connectivity index (χ1v) is 43.6. The van der Waals surface area contributed by atoms with E-state index in [4.69, 9.17) is 66.7 Å². The molecule has 15 bridgehead atoms. The summed E-state index contributed by atoms with van der Waals surface area (Å²) in [4.78, 5) is 140. The van der Waals surface area contributed by atoms with Crippen molar-refractivity contribution in [1.29, 1.82) is 0 Å². The van der Waals surface area contributed by atoms with Gasteiger partial charge in [-0.25, -0.2) is 0 Å². The van der Waals surface area contributed by atoms with Crippen molar-refractivity contribution in [2.24, 2.45) is 46.8 Å². The minimum absolute atomic E-state index is 0.0510. The lowest BCUT2D eigenvalue weighted by molar-refractivity contribution is -0.333. The van der Waals surface area contributed by atoms with Crippen LogP contribution < -0.4 is 88.7 Å². The maximum absolute atomic E-state index is 16.8. The molecule has 0 spiro atoms. The van der Waals surface area contributed by atoms with E-state index in [1.807, 2.05) is 13.8 Å². The van der Waals surface area contributed by atoms with Gasteiger partial charge in [0, 0.05) is 40.8 Å². The van der Waals surface area contributed by atoms with Gasteiger partial charge >= 0.3 is 0 Å². The number of fused-ring (bicyclic) bond motifs is 15. The van der Waals surface area contributed by atoms with Gasteiger partial charge in [-0.1, -0.05) is 43.6 Å². The zero-order valence-corrected chi connectivity index (χ0v) is 72.5. The van der Waals surface area contributed by atoms with Crippen molar-refractivity contribution in [3.05, 3.63) is 141 Å². The first kappa shape index (κ1) is 94.0. The van der Waals surface area contributed by atoms with E-state index in [9.17, 15) is 60.3 Å². The van der Waals surface area contributed by atoms with Crippen LogP contribution >= 0.6 is 11.6 Å². The number of aryl methyl sites for hydroxylation is 1. The van der Waals surface area contributed by atoms with E-state index in [1.54, 1.807) is 0 Å². The van der Waals surface area contributed by atoms with E-state index >= 15 is 28.8 Å². The lowest BCUT2D eigenvalue weighted by Gasteiger charge is -2.54. The van der Waals surface area contributed by atoms with Crippen LogP contribution in [0.15, 0.2) is 97.1 Å². The second kappa shape index (κ2) is 39.7. The van der Waals surface area contributed by atoms with Crippen molar-refractivity contribution < 1.29 is 127 Å². The summed E-state index contributed by atoms with van der Waals surface area (Å²) in [5, 5.41) is 131. The summed E-state index contributed by atoms with van der Waals surface area (Å²) in [6.07, 6.45) is -13.7. The summed E-state index contributed by atoms with van der Waals surface area (Å²) in [5.74, 6) is -14.2. The molecule has 4 aliphatic carbocycles. The highest BCUT2D eigenvalue weighted by Gasteiger charge is 2.53. The molecule has 6 aromatic carbocycles. The number of hydrogen-bond donors (Lipinski definition) is 21. The van der Waals surface area contributed by atoms with Crippen molar-refractivity contribution in [1.82, 2.24) is 47.9 Å². The van der Waals surface area contributed by atoms with Crippen LogP contribution in [0.4, 0.5) is 0 Å². The van der Waals surface area contributed by atoms with Crippen molar-refractivity contribution in [2.75, 3.05) is 40.0 Å². The van der Waals surface area contributed by atoms with Gasteiger partial charge in [-0.2, -0.15) is 0 Å². The molecule has 18 atom stereocenters. The Labute approximate surface area is 746 Å². The summed E-state index contributed by atoms with van der Waals surface area (Å²) < 4.78 is 51.3. The molecule has 17 rings (SSSR count). The number of aromatic hydroxyl groups is 3. The molecule has 2 saturated heterocycles. The SMILES string of the molecule is CN[C@H](CC(C)C)C(=O)N[C@H]1C(=O)N[C@@H](CC(=O)NC(=O)c2ccc(OCCCN)c(OCCCN)c2)C(=O)N[C@H]2C(=O)N[C@H]3C(=O)N[C@H](C(=O)N[C@H](C(=O)NC4C5CC6CC(C5)CC4C6)c4cc(O)cc(O)c4-c4cc3ccc4O)[C@H](O)c3ccc(c(Cl)c3)Oc3cc2cc(c3O[C@@H]2O[C@H](CO)[C@@H](O)[C@H](O)[C@H]2O[C@H]2C[C@](C)(N)[C@H](O)[C@H](C)O2)Oc2ccc(cc2C)[C@H]1O. The number of halogens is 1. The monoisotopic (exact) mass is 1810 g/mol. The van der Waals surface area contributed by atoms with Gasteiger partial charge < -0.3 is 144 Å². The Hall–Kier alpha value is -11.1. The van der Waals surface area contributed by atoms with E-state index in [1.165, 1.54) is 76.3 Å². The highest BCUT2D eigenvalue weighted by Crippen LogP contribution is 2.55. The molecule has 24 N–H and O–H groups in total. The highest BCUT2D eigenvalue weighted by atomic mass is 35.5. The van der Waals surface area contributed by atoms with Gasteiger partial charge in [0.15, 0.2) is 35.4 Å². The molecule has 6 aromatic rings. The molecule has 9 amide bonds. The number of rotatable bonds is 23. The molecule has 0 radical (unpaired) electrons. The molecule has 694 valence electrons. The third-order valence-corrected chi connectivity index (χ3v) is 25.5. The fourth-order valence-electron chi connectivity index (χ4n) is 18.7. The molecular weight excluding hydrogens is 1700 g/mol. The number of hydrogen-bond acceptors (Lipinski definition) is 30. The van der Waals surface area contributed by atoms with E-state index in [0.29, 0.717) is 24.7 Å². The number of imide groups is 1. The zero-order valence-electron chi connectivity index (χ0n) is 71.7. The molecule has 0 unspecified atom stereocenters. The smallest absolute Gasteiger partial charge is 0.257 e. The summed E-state index contributed by atoms with van der Waals surface area (Å²) in [7, 11) is 1.49. The molecule has 129 heavy (non-hydrogen) atoms. The fourth-order valence-corrected chi connectivity index (χ4v) is 19.0. The van der Waals surface area contributed by atoms with E-state index in [2.05, 4.69) is 47.9 Å². The van der Waals surface area contributed by atoms with E-state index in [-0.39, 0.29) is 124 Å². The predicted molar refractivity (Wildman–Crippen MR) is 458 cm³/mol. The van der Waals surface area contributed by atoms with Crippen LogP contribution in [0.25, 0.3) is 11.1 Å². The molecule has 7 aliphatic heterocycles. The number of phenols is 3. The summed E-state index contributed by atoms with van der Waals surface area (Å²) in [5.41, 5.74) is 14.5. The highest BCUT2D eigenvalue weighted by molar-refractivity contribution is 6.32. The molecule has 11 aliphatic rings. The fraction of sp³-hybridized carbons (Fsp3) is 0.500. The molecule has 7 heterocycles. The number of nitrogens with two attached hydrogens (primary N) is 3. The number of ether oxygens (including phenoxy) is 8. The van der Waals surface area contributed by atoms with Gasteiger partial charge in [-0.15, -0.1) is 0 Å². The van der Waals surface area contributed by atoms with Crippen molar-refractivity contribution in [2.45, 2.75) is 214 Å². The minimum Gasteiger partial charge on any atom is -0.508 e. The van der Waals surface area contributed by atoms with Crippen LogP contribution in [0.3, 0.4) is 0 Å². The minimum atomic E-state index is -2.42. The number of phenolic OH excluding ortho intramolecular Hbond substituents is 3. The van der Waals surface area contributed by atoms with Crippen molar-refractivity contribution >= 4 is 64.8 Å². The third kappa shape index (κ3) is 20.6. The lowest BCUT2D eigenvalue weighted by Crippen LogP contribution is -2.64. The molecule has 0 aromatic heterocycles. The first-order chi connectivity index (χ1) is 61.5. The van der Waals surface area contributed by atoms with Gasteiger partial charge in [0.05, 0.1) is 49.5 Å². The van der Waals surface area contributed by atoms with Gasteiger partial charge in [-0.3, -0.25) is 48.5 Å². The molecule has 4 saturated carbocycles. The average Bonchev–Trinajstić information content (AvgIpc) is 0.757. The summed E-state index contributed by atoms with van der Waals surface area (Å²) in [6.45, 7) is 7.94. The second-order valence-corrected chi connectivity index (χ2v) is 35.6. The number of carbonyl (C=O) groups excluding carboxylic acids is 9. The molecule has 39 heteroatoms. The average molecular weight is 1810 g/mol. The van der Waals surface area contributed by atoms with Crippen molar-refractivity contribution in [3.8, 4) is 68.6 Å². The number of benzene rings is 6. The van der Waals surface area contributed by atoms with Crippen LogP contribution in [0.1, 0.15) is 166 Å². The molecule has 38 nitrogen and oxygen atoms in total. The predicted octanol–water partition coefficient (Wildman–Crippen LogP) is 2.54. The standard InChI is InChI=1S/C90H111ClN12O26/c1-38(2)21-54(95-6)82(115)102-72-74(109)44-10-14-58(39(3)22-44)125-62-31-49-32-63(78(62)129-89-79(77(112)76(111)64(37-104)127-89)128-66-36-90(5,94)80(113)40(4)124-66)126-59-15-11-45(29-53(59)91)75(110)73-88(121)101-71(86(119)98-68-47-24-41-23-42(26-47)27-48(68)25-41)52-33-50(105)34-57(107)67(52)51-28-43(9-13-56(51)106)69(84(117)103-73)100-85(118)70(49)99-83(116)55(96-87(72)120)35-65(108)97-81(114)46-12-16-60(122-19-7-17-92)61(30-46)123-20-8-18-93/h9-16,22,28-34,38,40-42,47-48,54-55,64,66,68-77,79-80,89,95,104-107,109-113H,7-8,17-21,23-27,35-37,92-94H2,1-6H3,(H,96,120)(H,98,119)(H,99,116)(H,100,118)(H,101,121)(H,102,115)(H,103,117)(H,97,108,114)/t40-,41?,42?,47?,48?,54+,55-,64+,66-,68?,69+,70+,71-,72+,73-,74+,75+,76+,77-,79+,80+,89-,90-/m0/s1. The van der Waals surface area contributed by atoms with Gasteiger partial charge in [0.2, 0.25) is 59.3 Å². The normalized spacial score (nSPS) is 29.7. The van der Waals surface area contributed by atoms with Crippen LogP contribution in [-0.4, -0.2) is 224 Å². The number of nitrogens with one attached hydrogen (secondary N) is 9. The van der Waals surface area contributed by atoms with Crippen LogP contribution in [0.2, 0.25) is 5.02 Å². The van der Waals surface area contributed by atoms with Crippen LogP contribution in [0, 0.1) is 36.5 Å². The number of amides is 9. The molecular formula is C90H111ClN12O26. The third-order valence-electron chi connectivity index (χ3n) is 25.2. The second-order valence-electron chi connectivity index (χ2n) is 35.2. The lowest BCUT2D eigenvalue weighted by atomic mass is 9.54. The maximum atomic E-state index is 16.8. The summed E-state index contributed by atoms with van der Waals surface area (Å²) >= 11 is 7.32. The Morgan fingerprint density at radius 2 is 1.29 bits per heavy atom. The van der Waals surface area contributed by atoms with E-state index < -0.39 is 227 Å². The Morgan fingerprint density at radius 1 is 0.659 bits per heavy atom. The quantitative estimate of drug-likeness (QED) is 0.0410. The van der Waals surface area contributed by atoms with Crippen molar-refractivity contribution in [3.63, 3.8) is 0 Å². The zero-order chi connectivity index (χ0) is 92.5. The Kier molecular flexibility index (Phi) is 28.9. The maximum Gasteiger partial charge on any atom is 0.257 e. The van der Waals surface area contributed by atoms with Crippen LogP contribution in [0.5, 0.6) is 57.5 Å². The number of aliphatic hydroxyl groups is 6. The summed E-state index contributed by atoms with van der Waals surface area (Å²) in [6, 6.07) is 4.38.